The molecule has 0 aliphatic heterocycles. The Hall–Kier alpha value is -4.00. The molecule has 7 heteroatoms. The molecule has 0 radical (unpaired) electrons. The van der Waals surface area contributed by atoms with Crippen LogP contribution in [0.5, 0.6) is 11.5 Å². The molecule has 4 rings (SSSR count). The van der Waals surface area contributed by atoms with Gasteiger partial charge in [0.25, 0.3) is 5.91 Å². The van der Waals surface area contributed by atoms with Gasteiger partial charge in [0, 0.05) is 35.1 Å². The SMILES string of the molecule is CCOc1ccc(NC(=O)CN(C)C(=O)c2oc3c(ccc4ccccc43)c2C)cc1OCC. The molecule has 34 heavy (non-hydrogen) atoms. The van der Waals surface area contributed by atoms with Crippen LogP contribution in [0.3, 0.4) is 0 Å². The topological polar surface area (TPSA) is 81.0 Å². The quantitative estimate of drug-likeness (QED) is 0.381. The summed E-state index contributed by atoms with van der Waals surface area (Å²) < 4.78 is 17.2. The fourth-order valence-corrected chi connectivity index (χ4v) is 3.94. The first kappa shape index (κ1) is 23.2. The van der Waals surface area contributed by atoms with Crippen LogP contribution in [-0.4, -0.2) is 43.5 Å². The third-order valence-corrected chi connectivity index (χ3v) is 5.58. The van der Waals surface area contributed by atoms with Crippen LogP contribution in [0.2, 0.25) is 0 Å². The minimum atomic E-state index is -0.352. The summed E-state index contributed by atoms with van der Waals surface area (Å²) in [5, 5.41) is 5.69. The summed E-state index contributed by atoms with van der Waals surface area (Å²) in [6.07, 6.45) is 0. The van der Waals surface area contributed by atoms with Crippen molar-refractivity contribution in [3.8, 4) is 11.5 Å². The molecule has 1 heterocycles. The second-order valence-electron chi connectivity index (χ2n) is 7.96. The number of ether oxygens (including phenoxy) is 2. The number of nitrogens with one attached hydrogen (secondary N) is 1. The zero-order chi connectivity index (χ0) is 24.2. The summed E-state index contributed by atoms with van der Waals surface area (Å²) in [5.41, 5.74) is 1.99. The Morgan fingerprint density at radius 2 is 1.68 bits per heavy atom. The van der Waals surface area contributed by atoms with Gasteiger partial charge in [-0.2, -0.15) is 0 Å². The molecule has 0 spiro atoms. The summed E-state index contributed by atoms with van der Waals surface area (Å²) in [7, 11) is 1.58. The number of hydrogen-bond donors (Lipinski definition) is 1. The number of aryl methyl sites for hydroxylation is 1. The van der Waals surface area contributed by atoms with E-state index in [2.05, 4.69) is 5.32 Å². The van der Waals surface area contributed by atoms with Gasteiger partial charge in [0.1, 0.15) is 5.58 Å². The van der Waals surface area contributed by atoms with E-state index in [9.17, 15) is 9.59 Å². The minimum Gasteiger partial charge on any atom is -0.490 e. The van der Waals surface area contributed by atoms with E-state index in [0.29, 0.717) is 36.0 Å². The predicted molar refractivity (Wildman–Crippen MR) is 133 cm³/mol. The highest BCUT2D eigenvalue weighted by atomic mass is 16.5. The molecule has 1 aromatic heterocycles. The van der Waals surface area contributed by atoms with Crippen LogP contribution in [0.1, 0.15) is 30.0 Å². The van der Waals surface area contributed by atoms with Crippen LogP contribution in [0, 0.1) is 6.92 Å². The first-order chi connectivity index (χ1) is 16.4. The van der Waals surface area contributed by atoms with Crippen molar-refractivity contribution in [1.82, 2.24) is 4.90 Å². The summed E-state index contributed by atoms with van der Waals surface area (Å²) >= 11 is 0. The molecule has 0 atom stereocenters. The number of furan rings is 1. The van der Waals surface area contributed by atoms with E-state index in [-0.39, 0.29) is 24.1 Å². The smallest absolute Gasteiger partial charge is 0.290 e. The number of amides is 2. The van der Waals surface area contributed by atoms with Crippen LogP contribution in [0.4, 0.5) is 5.69 Å². The summed E-state index contributed by atoms with van der Waals surface area (Å²) in [6, 6.07) is 17.0. The first-order valence-corrected chi connectivity index (χ1v) is 11.3. The van der Waals surface area contributed by atoms with E-state index in [1.165, 1.54) is 4.90 Å². The number of anilines is 1. The standard InChI is InChI=1S/C27H28N2O5/c1-5-32-22-14-12-19(15-23(22)33-6-2)28-24(30)16-29(4)27(31)25-17(3)20-13-11-18-9-7-8-10-21(18)26(20)34-25/h7-15H,5-6,16H2,1-4H3,(H,28,30). The van der Waals surface area contributed by atoms with E-state index < -0.39 is 0 Å². The van der Waals surface area contributed by atoms with Crippen molar-refractivity contribution in [3.63, 3.8) is 0 Å². The van der Waals surface area contributed by atoms with Crippen molar-refractivity contribution in [2.24, 2.45) is 0 Å². The van der Waals surface area contributed by atoms with Crippen LogP contribution in [-0.2, 0) is 4.79 Å². The number of nitrogens with zero attached hydrogens (tertiary/aromatic N) is 1. The number of benzene rings is 3. The van der Waals surface area contributed by atoms with Crippen molar-refractivity contribution in [3.05, 3.63) is 65.9 Å². The Kier molecular flexibility index (Phi) is 6.72. The third-order valence-electron chi connectivity index (χ3n) is 5.58. The molecule has 0 saturated heterocycles. The van der Waals surface area contributed by atoms with Gasteiger partial charge >= 0.3 is 0 Å². The van der Waals surface area contributed by atoms with Gasteiger partial charge in [0.05, 0.1) is 19.8 Å². The lowest BCUT2D eigenvalue weighted by molar-refractivity contribution is -0.116. The summed E-state index contributed by atoms with van der Waals surface area (Å²) in [5.74, 6) is 0.719. The second kappa shape index (κ2) is 9.87. The Balaban J connectivity index is 1.50. The van der Waals surface area contributed by atoms with Crippen molar-refractivity contribution >= 4 is 39.2 Å². The van der Waals surface area contributed by atoms with E-state index in [0.717, 1.165) is 21.7 Å². The molecule has 0 aliphatic rings. The zero-order valence-electron chi connectivity index (χ0n) is 19.8. The van der Waals surface area contributed by atoms with E-state index in [1.54, 1.807) is 25.2 Å². The number of fused-ring (bicyclic) bond motifs is 3. The largest absolute Gasteiger partial charge is 0.490 e. The molecular formula is C27H28N2O5. The predicted octanol–water partition coefficient (Wildman–Crippen LogP) is 5.40. The van der Waals surface area contributed by atoms with E-state index >= 15 is 0 Å². The molecule has 3 aromatic carbocycles. The number of hydrogen-bond acceptors (Lipinski definition) is 5. The highest BCUT2D eigenvalue weighted by Crippen LogP contribution is 2.33. The van der Waals surface area contributed by atoms with Crippen molar-refractivity contribution in [2.45, 2.75) is 20.8 Å². The number of likely N-dealkylation sites (N-methyl/N-ethyl adjacent to an activating group) is 1. The van der Waals surface area contributed by atoms with Gasteiger partial charge in [-0.15, -0.1) is 0 Å². The van der Waals surface area contributed by atoms with Crippen LogP contribution in [0.25, 0.3) is 21.7 Å². The zero-order valence-corrected chi connectivity index (χ0v) is 19.8. The maximum absolute atomic E-state index is 13.1. The van der Waals surface area contributed by atoms with Gasteiger partial charge in [0.15, 0.2) is 17.3 Å². The lowest BCUT2D eigenvalue weighted by Gasteiger charge is -2.17. The fourth-order valence-electron chi connectivity index (χ4n) is 3.94. The Morgan fingerprint density at radius 1 is 0.941 bits per heavy atom. The highest BCUT2D eigenvalue weighted by molar-refractivity contribution is 6.09. The molecule has 1 N–H and O–H groups in total. The van der Waals surface area contributed by atoms with Gasteiger partial charge in [-0.25, -0.2) is 0 Å². The third kappa shape index (κ3) is 4.55. The molecule has 4 aromatic rings. The minimum absolute atomic E-state index is 0.132. The lowest BCUT2D eigenvalue weighted by Crippen LogP contribution is -2.35. The lowest BCUT2D eigenvalue weighted by atomic mass is 10.1. The molecule has 2 amide bonds. The van der Waals surface area contributed by atoms with Crippen molar-refractivity contribution < 1.29 is 23.5 Å². The van der Waals surface area contributed by atoms with Crippen molar-refractivity contribution in [1.29, 1.82) is 0 Å². The molecule has 7 nitrogen and oxygen atoms in total. The number of carbonyl (C=O) groups excluding carboxylic acids is 2. The van der Waals surface area contributed by atoms with Crippen molar-refractivity contribution in [2.75, 3.05) is 32.1 Å². The average molecular weight is 461 g/mol. The average Bonchev–Trinajstić information content (AvgIpc) is 3.17. The molecule has 176 valence electrons. The van der Waals surface area contributed by atoms with E-state index in [4.69, 9.17) is 13.9 Å². The maximum Gasteiger partial charge on any atom is 0.290 e. The molecule has 0 bridgehead atoms. The highest BCUT2D eigenvalue weighted by Gasteiger charge is 2.23. The molecule has 0 saturated carbocycles. The van der Waals surface area contributed by atoms with Gasteiger partial charge < -0.3 is 24.1 Å². The monoisotopic (exact) mass is 460 g/mol. The first-order valence-electron chi connectivity index (χ1n) is 11.3. The number of carbonyl (C=O) groups is 2. The molecular weight excluding hydrogens is 432 g/mol. The summed E-state index contributed by atoms with van der Waals surface area (Å²) in [6.45, 7) is 6.48. The van der Waals surface area contributed by atoms with Gasteiger partial charge in [-0.05, 0) is 38.3 Å². The Bertz CT molecular complexity index is 1360. The van der Waals surface area contributed by atoms with Crippen LogP contribution < -0.4 is 14.8 Å². The summed E-state index contributed by atoms with van der Waals surface area (Å²) in [4.78, 5) is 27.1. The maximum atomic E-state index is 13.1. The van der Waals surface area contributed by atoms with Gasteiger partial charge in [-0.3, -0.25) is 9.59 Å². The van der Waals surface area contributed by atoms with Gasteiger partial charge in [0.2, 0.25) is 5.91 Å². The normalized spacial score (nSPS) is 10.9. The fraction of sp³-hybridized carbons (Fsp3) is 0.259. The van der Waals surface area contributed by atoms with Crippen LogP contribution >= 0.6 is 0 Å². The van der Waals surface area contributed by atoms with Crippen LogP contribution in [0.15, 0.2) is 59.0 Å². The number of rotatable bonds is 8. The molecule has 0 unspecified atom stereocenters. The van der Waals surface area contributed by atoms with E-state index in [1.807, 2.05) is 57.2 Å². The Morgan fingerprint density at radius 3 is 2.44 bits per heavy atom. The molecule has 0 aliphatic carbocycles. The Labute approximate surface area is 198 Å². The second-order valence-corrected chi connectivity index (χ2v) is 7.96. The molecule has 0 fully saturated rings. The van der Waals surface area contributed by atoms with Gasteiger partial charge in [-0.1, -0.05) is 36.4 Å².